The van der Waals surface area contributed by atoms with Gasteiger partial charge in [-0.05, 0) is 38.0 Å². The molecule has 0 bridgehead atoms. The lowest BCUT2D eigenvalue weighted by Gasteiger charge is -2.35. The van der Waals surface area contributed by atoms with E-state index in [1.165, 1.54) is 25.1 Å². The molecule has 0 spiro atoms. The van der Waals surface area contributed by atoms with Crippen LogP contribution in [0.5, 0.6) is 0 Å². The van der Waals surface area contributed by atoms with Crippen molar-refractivity contribution in [1.29, 1.82) is 0 Å². The fraction of sp³-hybridized carbons (Fsp3) is 0.571. The third-order valence-electron chi connectivity index (χ3n) is 3.74. The molecule has 6 heteroatoms. The first kappa shape index (κ1) is 15.1. The van der Waals surface area contributed by atoms with Crippen molar-refractivity contribution in [1.82, 2.24) is 0 Å². The highest BCUT2D eigenvalue weighted by Crippen LogP contribution is 2.37. The second kappa shape index (κ2) is 5.60. The minimum atomic E-state index is -4.15. The molecule has 1 saturated heterocycles. The second-order valence-corrected chi connectivity index (χ2v) is 5.18. The summed E-state index contributed by atoms with van der Waals surface area (Å²) in [5.74, 6) is -1.73. The Morgan fingerprint density at radius 2 is 1.85 bits per heavy atom. The van der Waals surface area contributed by atoms with Gasteiger partial charge in [0.05, 0.1) is 12.0 Å². The minimum absolute atomic E-state index is 0.0279. The molecule has 2 nitrogen and oxygen atoms in total. The van der Waals surface area contributed by atoms with Crippen LogP contribution in [0.4, 0.5) is 23.2 Å². The maximum Gasteiger partial charge on any atom is 0.391 e. The predicted molar refractivity (Wildman–Crippen MR) is 68.0 cm³/mol. The van der Waals surface area contributed by atoms with Gasteiger partial charge in [-0.1, -0.05) is 0 Å². The van der Waals surface area contributed by atoms with E-state index in [4.69, 9.17) is 0 Å². The predicted octanol–water partition coefficient (Wildman–Crippen LogP) is 3.66. The molecule has 0 aromatic heterocycles. The van der Waals surface area contributed by atoms with Crippen molar-refractivity contribution < 1.29 is 22.7 Å². The molecule has 1 aromatic rings. The van der Waals surface area contributed by atoms with Crippen molar-refractivity contribution in [3.8, 4) is 0 Å². The van der Waals surface area contributed by atoms with E-state index >= 15 is 0 Å². The van der Waals surface area contributed by atoms with E-state index in [9.17, 15) is 22.7 Å². The summed E-state index contributed by atoms with van der Waals surface area (Å²) >= 11 is 0. The van der Waals surface area contributed by atoms with Crippen molar-refractivity contribution in [2.45, 2.75) is 32.0 Å². The van der Waals surface area contributed by atoms with Crippen molar-refractivity contribution in [2.75, 3.05) is 18.0 Å². The summed E-state index contributed by atoms with van der Waals surface area (Å²) in [5, 5.41) is 9.67. The van der Waals surface area contributed by atoms with Crippen LogP contribution in [0.2, 0.25) is 0 Å². The molecule has 112 valence electrons. The molecule has 0 aliphatic carbocycles. The molecule has 1 unspecified atom stereocenters. The van der Waals surface area contributed by atoms with Crippen LogP contribution in [0, 0.1) is 11.7 Å². The summed E-state index contributed by atoms with van der Waals surface area (Å²) in [6.45, 7) is 2.03. The van der Waals surface area contributed by atoms with Gasteiger partial charge in [0.15, 0.2) is 0 Å². The Balaban J connectivity index is 2.15. The maximum atomic E-state index is 13.2. The second-order valence-electron chi connectivity index (χ2n) is 5.18. The quantitative estimate of drug-likeness (QED) is 0.841. The Labute approximate surface area is 115 Å². The standard InChI is InChI=1S/C14H17F4NO/c1-9(20)12-8-11(15)2-3-13(12)19-6-4-10(5-7-19)14(16,17)18/h2-3,8-10,20H,4-7H2,1H3. The van der Waals surface area contributed by atoms with E-state index in [-0.39, 0.29) is 25.9 Å². The highest BCUT2D eigenvalue weighted by atomic mass is 19.4. The summed E-state index contributed by atoms with van der Waals surface area (Å²) in [4.78, 5) is 1.78. The van der Waals surface area contributed by atoms with Crippen LogP contribution >= 0.6 is 0 Å². The molecule has 0 saturated carbocycles. The van der Waals surface area contributed by atoms with Gasteiger partial charge in [0.1, 0.15) is 5.82 Å². The molecule has 0 amide bonds. The molecule has 1 aliphatic heterocycles. The Morgan fingerprint density at radius 1 is 1.25 bits per heavy atom. The van der Waals surface area contributed by atoms with E-state index in [0.717, 1.165) is 0 Å². The largest absolute Gasteiger partial charge is 0.391 e. The minimum Gasteiger partial charge on any atom is -0.389 e. The lowest BCUT2D eigenvalue weighted by Crippen LogP contribution is -2.39. The summed E-state index contributed by atoms with van der Waals surface area (Å²) in [6.07, 6.45) is -4.96. The fourth-order valence-corrected chi connectivity index (χ4v) is 2.60. The molecule has 1 N–H and O–H groups in total. The zero-order valence-corrected chi connectivity index (χ0v) is 11.1. The number of benzene rings is 1. The number of nitrogens with zero attached hydrogens (tertiary/aromatic N) is 1. The average Bonchev–Trinajstić information content (AvgIpc) is 2.37. The molecule has 2 rings (SSSR count). The van der Waals surface area contributed by atoms with Gasteiger partial charge in [0.2, 0.25) is 0 Å². The van der Waals surface area contributed by atoms with Gasteiger partial charge in [0.25, 0.3) is 0 Å². The first-order chi connectivity index (χ1) is 9.29. The molecule has 20 heavy (non-hydrogen) atoms. The Morgan fingerprint density at radius 3 is 2.35 bits per heavy atom. The molecular formula is C14H17F4NO. The number of halogens is 4. The van der Waals surface area contributed by atoms with E-state index < -0.39 is 24.0 Å². The van der Waals surface area contributed by atoms with Crippen LogP contribution in [-0.4, -0.2) is 24.4 Å². The molecular weight excluding hydrogens is 274 g/mol. The van der Waals surface area contributed by atoms with Gasteiger partial charge < -0.3 is 10.0 Å². The number of piperidine rings is 1. The first-order valence-electron chi connectivity index (χ1n) is 6.58. The summed E-state index contributed by atoms with van der Waals surface area (Å²) in [7, 11) is 0. The van der Waals surface area contributed by atoms with Gasteiger partial charge >= 0.3 is 6.18 Å². The van der Waals surface area contributed by atoms with Crippen molar-refractivity contribution in [3.63, 3.8) is 0 Å². The van der Waals surface area contributed by atoms with Crippen LogP contribution in [0.1, 0.15) is 31.4 Å². The van der Waals surface area contributed by atoms with Crippen LogP contribution in [0.15, 0.2) is 18.2 Å². The number of aliphatic hydroxyl groups excluding tert-OH is 1. The molecule has 0 radical (unpaired) electrons. The van der Waals surface area contributed by atoms with Crippen molar-refractivity contribution in [2.24, 2.45) is 5.92 Å². The van der Waals surface area contributed by atoms with E-state index in [2.05, 4.69) is 0 Å². The summed E-state index contributed by atoms with van der Waals surface area (Å²) in [5.41, 5.74) is 1.03. The fourth-order valence-electron chi connectivity index (χ4n) is 2.60. The van der Waals surface area contributed by atoms with Gasteiger partial charge in [0, 0.05) is 24.3 Å². The number of hydrogen-bond acceptors (Lipinski definition) is 2. The highest BCUT2D eigenvalue weighted by Gasteiger charge is 2.41. The zero-order valence-electron chi connectivity index (χ0n) is 11.1. The third-order valence-corrected chi connectivity index (χ3v) is 3.74. The first-order valence-corrected chi connectivity index (χ1v) is 6.58. The number of anilines is 1. The number of alkyl halides is 3. The third kappa shape index (κ3) is 3.23. The van der Waals surface area contributed by atoms with Crippen LogP contribution in [0.3, 0.4) is 0 Å². The topological polar surface area (TPSA) is 23.5 Å². The summed E-state index contributed by atoms with van der Waals surface area (Å²) in [6, 6.07) is 4.01. The van der Waals surface area contributed by atoms with E-state index in [1.54, 1.807) is 4.90 Å². The lowest BCUT2D eigenvalue weighted by atomic mass is 9.95. The number of rotatable bonds is 2. The number of aliphatic hydroxyl groups is 1. The Hall–Kier alpha value is -1.30. The summed E-state index contributed by atoms with van der Waals surface area (Å²) < 4.78 is 51.1. The van der Waals surface area contributed by atoms with Crippen LogP contribution in [0.25, 0.3) is 0 Å². The molecule has 1 aromatic carbocycles. The molecule has 1 atom stereocenters. The Bertz CT molecular complexity index is 465. The van der Waals surface area contributed by atoms with Gasteiger partial charge in [-0.25, -0.2) is 4.39 Å². The molecule has 1 aliphatic rings. The highest BCUT2D eigenvalue weighted by molar-refractivity contribution is 5.55. The van der Waals surface area contributed by atoms with Crippen molar-refractivity contribution >= 4 is 5.69 Å². The van der Waals surface area contributed by atoms with Crippen LogP contribution in [-0.2, 0) is 0 Å². The van der Waals surface area contributed by atoms with Crippen LogP contribution < -0.4 is 4.90 Å². The normalized spacial score (nSPS) is 19.2. The van der Waals surface area contributed by atoms with Gasteiger partial charge in [-0.2, -0.15) is 13.2 Å². The van der Waals surface area contributed by atoms with Crippen molar-refractivity contribution in [3.05, 3.63) is 29.6 Å². The smallest absolute Gasteiger partial charge is 0.389 e. The number of hydrogen-bond donors (Lipinski definition) is 1. The zero-order chi connectivity index (χ0) is 14.9. The average molecular weight is 291 g/mol. The monoisotopic (exact) mass is 291 g/mol. The maximum absolute atomic E-state index is 13.2. The van der Waals surface area contributed by atoms with Gasteiger partial charge in [-0.3, -0.25) is 0 Å². The lowest BCUT2D eigenvalue weighted by molar-refractivity contribution is -0.179. The Kier molecular flexibility index (Phi) is 4.22. The molecule has 1 heterocycles. The molecule has 1 fully saturated rings. The van der Waals surface area contributed by atoms with E-state index in [1.807, 2.05) is 0 Å². The van der Waals surface area contributed by atoms with E-state index in [0.29, 0.717) is 11.3 Å². The SMILES string of the molecule is CC(O)c1cc(F)ccc1N1CCC(C(F)(F)F)CC1. The van der Waals surface area contributed by atoms with Gasteiger partial charge in [-0.15, -0.1) is 0 Å².